The lowest BCUT2D eigenvalue weighted by Gasteiger charge is -2.07. The number of aromatic nitrogens is 4. The molecule has 0 unspecified atom stereocenters. The minimum absolute atomic E-state index is 0.00197. The van der Waals surface area contributed by atoms with Gasteiger partial charge in [0.1, 0.15) is 4.83 Å². The van der Waals surface area contributed by atoms with E-state index in [-0.39, 0.29) is 5.56 Å². The minimum Gasteiger partial charge on any atom is -0.290 e. The topological polar surface area (TPSA) is 52.7 Å². The first-order valence-corrected chi connectivity index (χ1v) is 11.7. The number of hydrogen-bond acceptors (Lipinski definition) is 6. The lowest BCUT2D eigenvalue weighted by Crippen LogP contribution is -2.19. The molecule has 8 heteroatoms. The van der Waals surface area contributed by atoms with Crippen molar-refractivity contribution >= 4 is 44.7 Å². The second-order valence-electron chi connectivity index (χ2n) is 6.48. The van der Waals surface area contributed by atoms with Crippen LogP contribution >= 0.6 is 34.4 Å². The van der Waals surface area contributed by atoms with Gasteiger partial charge < -0.3 is 0 Å². The molecular weight excluding hydrogens is 420 g/mol. The van der Waals surface area contributed by atoms with Crippen LogP contribution in [0.2, 0.25) is 0 Å². The third-order valence-corrected chi connectivity index (χ3v) is 7.46. The molecule has 0 spiro atoms. The van der Waals surface area contributed by atoms with Crippen LogP contribution in [0, 0.1) is 0 Å². The standard InChI is InChI=1S/C21H16N4OS3/c1-24-20(26)18-16(17-8-5-9-27-17)13-28-19(18)23-21(24)29-12-14-10-22-25(11-14)15-6-3-2-4-7-15/h2-11,13H,12H2,1H3. The largest absolute Gasteiger partial charge is 0.290 e. The molecule has 0 N–H and O–H groups in total. The molecule has 5 rings (SSSR count). The molecule has 0 aliphatic carbocycles. The van der Waals surface area contributed by atoms with Gasteiger partial charge in [-0.1, -0.05) is 36.0 Å². The third-order valence-electron chi connectivity index (χ3n) is 4.59. The van der Waals surface area contributed by atoms with E-state index in [2.05, 4.69) is 5.10 Å². The molecule has 0 amide bonds. The Morgan fingerprint density at radius 3 is 2.76 bits per heavy atom. The zero-order chi connectivity index (χ0) is 19.8. The molecule has 1 aromatic carbocycles. The quantitative estimate of drug-likeness (QED) is 0.281. The highest BCUT2D eigenvalue weighted by Gasteiger charge is 2.16. The molecule has 4 aromatic heterocycles. The van der Waals surface area contributed by atoms with Gasteiger partial charge in [-0.2, -0.15) is 5.10 Å². The number of hydrogen-bond donors (Lipinski definition) is 0. The lowest BCUT2D eigenvalue weighted by molar-refractivity contribution is 0.728. The predicted octanol–water partition coefficient (Wildman–Crippen LogP) is 5.20. The van der Waals surface area contributed by atoms with Crippen molar-refractivity contribution in [3.05, 3.63) is 81.5 Å². The van der Waals surface area contributed by atoms with Gasteiger partial charge in [-0.05, 0) is 23.6 Å². The van der Waals surface area contributed by atoms with Crippen molar-refractivity contribution in [3.63, 3.8) is 0 Å². The van der Waals surface area contributed by atoms with E-state index in [0.29, 0.717) is 11.1 Å². The Balaban J connectivity index is 1.42. The summed E-state index contributed by atoms with van der Waals surface area (Å²) in [6, 6.07) is 14.0. The van der Waals surface area contributed by atoms with Gasteiger partial charge >= 0.3 is 0 Å². The van der Waals surface area contributed by atoms with Gasteiger partial charge in [-0.15, -0.1) is 22.7 Å². The number of rotatable bonds is 5. The Labute approximate surface area is 179 Å². The fourth-order valence-electron chi connectivity index (χ4n) is 3.10. The summed E-state index contributed by atoms with van der Waals surface area (Å²) >= 11 is 4.72. The first-order chi connectivity index (χ1) is 14.2. The molecular formula is C21H16N4OS3. The summed E-state index contributed by atoms with van der Waals surface area (Å²) in [5.41, 5.74) is 3.09. The Morgan fingerprint density at radius 2 is 1.97 bits per heavy atom. The number of benzene rings is 1. The van der Waals surface area contributed by atoms with Crippen LogP contribution in [0.25, 0.3) is 26.3 Å². The Morgan fingerprint density at radius 1 is 1.10 bits per heavy atom. The molecule has 5 aromatic rings. The summed E-state index contributed by atoms with van der Waals surface area (Å²) < 4.78 is 3.51. The van der Waals surface area contributed by atoms with E-state index < -0.39 is 0 Å². The van der Waals surface area contributed by atoms with Crippen LogP contribution in [0.5, 0.6) is 0 Å². The molecule has 0 atom stereocenters. The van der Waals surface area contributed by atoms with Crippen molar-refractivity contribution in [3.8, 4) is 16.1 Å². The summed E-state index contributed by atoms with van der Waals surface area (Å²) in [4.78, 5) is 19.7. The molecule has 0 aliphatic heterocycles. The number of thiophene rings is 2. The molecule has 0 saturated heterocycles. The van der Waals surface area contributed by atoms with Crippen LogP contribution < -0.4 is 5.56 Å². The van der Waals surface area contributed by atoms with Crippen molar-refractivity contribution in [2.24, 2.45) is 7.05 Å². The number of fused-ring (bicyclic) bond motifs is 1. The third kappa shape index (κ3) is 3.43. The average molecular weight is 437 g/mol. The van der Waals surface area contributed by atoms with Gasteiger partial charge in [0, 0.05) is 40.4 Å². The lowest BCUT2D eigenvalue weighted by atomic mass is 10.2. The van der Waals surface area contributed by atoms with Crippen LogP contribution in [0.1, 0.15) is 5.56 Å². The van der Waals surface area contributed by atoms with Crippen LogP contribution in [-0.4, -0.2) is 19.3 Å². The molecule has 0 aliphatic rings. The molecule has 4 heterocycles. The average Bonchev–Trinajstić information content (AvgIpc) is 3.50. The number of thioether (sulfide) groups is 1. The first-order valence-electron chi connectivity index (χ1n) is 8.94. The molecule has 29 heavy (non-hydrogen) atoms. The monoisotopic (exact) mass is 436 g/mol. The van der Waals surface area contributed by atoms with Crippen molar-refractivity contribution in [2.45, 2.75) is 10.9 Å². The highest BCUT2D eigenvalue weighted by Crippen LogP contribution is 2.34. The van der Waals surface area contributed by atoms with Gasteiger partial charge in [0.05, 0.1) is 17.3 Å². The molecule has 0 radical (unpaired) electrons. The molecule has 0 bridgehead atoms. The van der Waals surface area contributed by atoms with Crippen molar-refractivity contribution in [1.29, 1.82) is 0 Å². The minimum atomic E-state index is 0.00197. The summed E-state index contributed by atoms with van der Waals surface area (Å²) in [7, 11) is 1.79. The van der Waals surface area contributed by atoms with Gasteiger partial charge in [0.2, 0.25) is 0 Å². The van der Waals surface area contributed by atoms with E-state index in [1.165, 1.54) is 11.3 Å². The summed E-state index contributed by atoms with van der Waals surface area (Å²) in [6.45, 7) is 0. The second kappa shape index (κ2) is 7.62. The van der Waals surface area contributed by atoms with Gasteiger partial charge in [-0.3, -0.25) is 9.36 Å². The summed E-state index contributed by atoms with van der Waals surface area (Å²) in [5.74, 6) is 0.696. The number of para-hydroxylation sites is 1. The van der Waals surface area contributed by atoms with E-state index in [0.717, 1.165) is 31.7 Å². The maximum absolute atomic E-state index is 13.0. The zero-order valence-electron chi connectivity index (χ0n) is 15.5. The molecule has 5 nitrogen and oxygen atoms in total. The Kier molecular flexibility index (Phi) is 4.83. The van der Waals surface area contributed by atoms with Gasteiger partial charge in [0.15, 0.2) is 5.16 Å². The first kappa shape index (κ1) is 18.4. The Hall–Kier alpha value is -2.68. The van der Waals surface area contributed by atoms with E-state index in [1.807, 2.05) is 70.3 Å². The molecule has 0 saturated carbocycles. The normalized spacial score (nSPS) is 11.3. The van der Waals surface area contributed by atoms with Crippen LogP contribution in [-0.2, 0) is 12.8 Å². The maximum atomic E-state index is 13.0. The van der Waals surface area contributed by atoms with Crippen molar-refractivity contribution in [2.75, 3.05) is 0 Å². The highest BCUT2D eigenvalue weighted by molar-refractivity contribution is 7.98. The van der Waals surface area contributed by atoms with Gasteiger partial charge in [-0.25, -0.2) is 9.67 Å². The van der Waals surface area contributed by atoms with Crippen molar-refractivity contribution < 1.29 is 0 Å². The van der Waals surface area contributed by atoms with Crippen LogP contribution in [0.15, 0.2) is 75.6 Å². The van der Waals surface area contributed by atoms with E-state index in [4.69, 9.17) is 4.98 Å². The smallest absolute Gasteiger partial charge is 0.263 e. The fourth-order valence-corrected chi connectivity index (χ4v) is 5.79. The van der Waals surface area contributed by atoms with E-state index in [9.17, 15) is 4.79 Å². The number of nitrogens with zero attached hydrogens (tertiary/aromatic N) is 4. The fraction of sp³-hybridized carbons (Fsp3) is 0.0952. The van der Waals surface area contributed by atoms with Crippen LogP contribution in [0.3, 0.4) is 0 Å². The SMILES string of the molecule is Cn1c(SCc2cnn(-c3ccccc3)c2)nc2scc(-c3cccs3)c2c1=O. The van der Waals surface area contributed by atoms with Crippen molar-refractivity contribution in [1.82, 2.24) is 19.3 Å². The zero-order valence-corrected chi connectivity index (χ0v) is 17.9. The summed E-state index contributed by atoms with van der Waals surface area (Å²) in [5, 5.41) is 9.92. The Bertz CT molecular complexity index is 1330. The predicted molar refractivity (Wildman–Crippen MR) is 121 cm³/mol. The van der Waals surface area contributed by atoms with E-state index in [1.54, 1.807) is 34.7 Å². The highest BCUT2D eigenvalue weighted by atomic mass is 32.2. The summed E-state index contributed by atoms with van der Waals surface area (Å²) in [6.07, 6.45) is 3.87. The second-order valence-corrected chi connectivity index (χ2v) is 9.23. The molecule has 144 valence electrons. The maximum Gasteiger partial charge on any atom is 0.263 e. The van der Waals surface area contributed by atoms with Gasteiger partial charge in [0.25, 0.3) is 5.56 Å². The molecule has 0 fully saturated rings. The van der Waals surface area contributed by atoms with Crippen LogP contribution in [0.4, 0.5) is 0 Å². The van der Waals surface area contributed by atoms with E-state index >= 15 is 0 Å².